The molecule has 2 nitrogen and oxygen atoms in total. The highest BCUT2D eigenvalue weighted by Gasteiger charge is 2.03. The zero-order valence-corrected chi connectivity index (χ0v) is 8.68. The lowest BCUT2D eigenvalue weighted by molar-refractivity contribution is 0.344. The highest BCUT2D eigenvalue weighted by molar-refractivity contribution is 5.82. The number of rotatable bonds is 3. The summed E-state index contributed by atoms with van der Waals surface area (Å²) >= 11 is 0. The molecule has 0 saturated carbocycles. The monoisotopic (exact) mass is 169 g/mol. The lowest BCUT2D eigenvalue weighted by Crippen LogP contribution is -1.97. The maximum absolute atomic E-state index is 9.51. The summed E-state index contributed by atoms with van der Waals surface area (Å²) in [7, 11) is 0. The number of hydrogen-bond acceptors (Lipinski definition) is 2. The first-order valence-electron chi connectivity index (χ1n) is 4.42. The van der Waals surface area contributed by atoms with Crippen LogP contribution < -0.4 is 0 Å². The molecule has 70 valence electrons. The zero-order chi connectivity index (χ0) is 9.72. The minimum absolute atomic E-state index is 0.165. The molecule has 0 aliphatic heterocycles. The van der Waals surface area contributed by atoms with Gasteiger partial charge in [-0.2, -0.15) is 0 Å². The van der Waals surface area contributed by atoms with Gasteiger partial charge in [-0.15, -0.1) is 0 Å². The van der Waals surface area contributed by atoms with Crippen molar-refractivity contribution in [3.05, 3.63) is 11.5 Å². The average Bonchev–Trinajstić information content (AvgIpc) is 2.02. The molecule has 0 fully saturated rings. The second-order valence-corrected chi connectivity index (χ2v) is 3.33. The fourth-order valence-electron chi connectivity index (χ4n) is 0.840. The number of aliphatic hydroxyl groups is 1. The number of aliphatic imine (C=N–C) groups is 1. The third-order valence-corrected chi connectivity index (χ3v) is 1.79. The molecule has 0 aliphatic rings. The first-order valence-corrected chi connectivity index (χ1v) is 4.42. The van der Waals surface area contributed by atoms with Gasteiger partial charge in [0.1, 0.15) is 5.76 Å². The van der Waals surface area contributed by atoms with E-state index in [1.165, 1.54) is 0 Å². The highest BCUT2D eigenvalue weighted by atomic mass is 16.3. The smallest absolute Gasteiger partial charge is 0.116 e. The summed E-state index contributed by atoms with van der Waals surface area (Å²) in [5, 5.41) is 9.51. The summed E-state index contributed by atoms with van der Waals surface area (Å²) in [6, 6.07) is 0. The lowest BCUT2D eigenvalue weighted by atomic mass is 10.1. The SMILES string of the molecule is CC/C(C)=N/C(C)=C(\O)C(C)C. The summed E-state index contributed by atoms with van der Waals surface area (Å²) < 4.78 is 0. The average molecular weight is 169 g/mol. The predicted molar refractivity (Wildman–Crippen MR) is 53.6 cm³/mol. The maximum Gasteiger partial charge on any atom is 0.116 e. The molecule has 0 saturated heterocycles. The number of nitrogens with zero attached hydrogens (tertiary/aromatic N) is 1. The van der Waals surface area contributed by atoms with Gasteiger partial charge in [0, 0.05) is 11.6 Å². The normalized spacial score (nSPS) is 15.0. The van der Waals surface area contributed by atoms with Crippen LogP contribution in [0.5, 0.6) is 0 Å². The van der Waals surface area contributed by atoms with Gasteiger partial charge in [0.15, 0.2) is 0 Å². The number of aliphatic hydroxyl groups excluding tert-OH is 1. The highest BCUT2D eigenvalue weighted by Crippen LogP contribution is 2.12. The van der Waals surface area contributed by atoms with E-state index in [4.69, 9.17) is 0 Å². The molecular weight excluding hydrogens is 150 g/mol. The third kappa shape index (κ3) is 3.56. The Bertz CT molecular complexity index is 202. The van der Waals surface area contributed by atoms with E-state index >= 15 is 0 Å². The van der Waals surface area contributed by atoms with Crippen LogP contribution in [0.3, 0.4) is 0 Å². The van der Waals surface area contributed by atoms with Crippen LogP contribution in [-0.4, -0.2) is 10.8 Å². The van der Waals surface area contributed by atoms with Gasteiger partial charge in [-0.3, -0.25) is 4.99 Å². The molecule has 0 spiro atoms. The summed E-state index contributed by atoms with van der Waals surface area (Å²) in [5.41, 5.74) is 1.80. The van der Waals surface area contributed by atoms with Crippen LogP contribution in [-0.2, 0) is 0 Å². The van der Waals surface area contributed by atoms with E-state index in [0.717, 1.165) is 17.8 Å². The van der Waals surface area contributed by atoms with Gasteiger partial charge in [0.05, 0.1) is 5.70 Å². The van der Waals surface area contributed by atoms with Gasteiger partial charge in [0.25, 0.3) is 0 Å². The largest absolute Gasteiger partial charge is 0.510 e. The van der Waals surface area contributed by atoms with Crippen LogP contribution >= 0.6 is 0 Å². The predicted octanol–water partition coefficient (Wildman–Crippen LogP) is 3.30. The Balaban J connectivity index is 4.57. The Morgan fingerprint density at radius 3 is 2.17 bits per heavy atom. The van der Waals surface area contributed by atoms with Crippen LogP contribution in [0.4, 0.5) is 0 Å². The third-order valence-electron chi connectivity index (χ3n) is 1.79. The maximum atomic E-state index is 9.51. The van der Waals surface area contributed by atoms with E-state index < -0.39 is 0 Å². The van der Waals surface area contributed by atoms with Crippen molar-refractivity contribution in [2.75, 3.05) is 0 Å². The number of allylic oxidation sites excluding steroid dienone is 2. The van der Waals surface area contributed by atoms with Gasteiger partial charge >= 0.3 is 0 Å². The minimum Gasteiger partial charge on any atom is -0.510 e. The summed E-state index contributed by atoms with van der Waals surface area (Å²) in [4.78, 5) is 4.26. The molecule has 0 heterocycles. The molecule has 0 amide bonds. The summed E-state index contributed by atoms with van der Waals surface area (Å²) in [5.74, 6) is 0.557. The van der Waals surface area contributed by atoms with Crippen molar-refractivity contribution in [2.24, 2.45) is 10.9 Å². The molecule has 0 bridgehead atoms. The van der Waals surface area contributed by atoms with Crippen molar-refractivity contribution in [2.45, 2.75) is 41.0 Å². The van der Waals surface area contributed by atoms with E-state index in [2.05, 4.69) is 11.9 Å². The molecule has 0 atom stereocenters. The topological polar surface area (TPSA) is 32.6 Å². The standard InChI is InChI=1S/C10H19NO/c1-6-8(4)11-9(5)10(12)7(2)3/h7,12H,6H2,1-5H3/b10-9-,11-8+. The van der Waals surface area contributed by atoms with Crippen LogP contribution in [0.25, 0.3) is 0 Å². The molecule has 0 aromatic heterocycles. The Labute approximate surface area is 75.0 Å². The Kier molecular flexibility index (Phi) is 4.64. The van der Waals surface area contributed by atoms with Gasteiger partial charge in [-0.1, -0.05) is 20.8 Å². The van der Waals surface area contributed by atoms with Crippen molar-refractivity contribution in [3.63, 3.8) is 0 Å². The Morgan fingerprint density at radius 1 is 1.33 bits per heavy atom. The van der Waals surface area contributed by atoms with Gasteiger partial charge in [0.2, 0.25) is 0 Å². The quantitative estimate of drug-likeness (QED) is 0.510. The first kappa shape index (κ1) is 11.2. The minimum atomic E-state index is 0.165. The van der Waals surface area contributed by atoms with Gasteiger partial charge < -0.3 is 5.11 Å². The second-order valence-electron chi connectivity index (χ2n) is 3.33. The van der Waals surface area contributed by atoms with E-state index in [9.17, 15) is 5.11 Å². The molecule has 12 heavy (non-hydrogen) atoms. The molecule has 0 unspecified atom stereocenters. The fraction of sp³-hybridized carbons (Fsp3) is 0.700. The molecule has 0 radical (unpaired) electrons. The van der Waals surface area contributed by atoms with Crippen molar-refractivity contribution in [1.82, 2.24) is 0 Å². The van der Waals surface area contributed by atoms with Crippen LogP contribution in [0.1, 0.15) is 41.0 Å². The van der Waals surface area contributed by atoms with Crippen molar-refractivity contribution in [3.8, 4) is 0 Å². The first-order chi connectivity index (χ1) is 5.49. The van der Waals surface area contributed by atoms with Crippen LogP contribution in [0.2, 0.25) is 0 Å². The molecule has 2 heteroatoms. The van der Waals surface area contributed by atoms with Crippen LogP contribution in [0, 0.1) is 5.92 Å². The summed E-state index contributed by atoms with van der Waals surface area (Å²) in [6.07, 6.45) is 0.933. The Hall–Kier alpha value is -0.790. The van der Waals surface area contributed by atoms with E-state index in [1.54, 1.807) is 0 Å². The van der Waals surface area contributed by atoms with Crippen molar-refractivity contribution in [1.29, 1.82) is 0 Å². The molecule has 1 N–H and O–H groups in total. The molecule has 0 aliphatic carbocycles. The Morgan fingerprint density at radius 2 is 1.83 bits per heavy atom. The van der Waals surface area contributed by atoms with Gasteiger partial charge in [-0.25, -0.2) is 0 Å². The van der Waals surface area contributed by atoms with Crippen LogP contribution in [0.15, 0.2) is 16.4 Å². The van der Waals surface area contributed by atoms with E-state index in [1.807, 2.05) is 27.7 Å². The fourth-order valence-corrected chi connectivity index (χ4v) is 0.840. The molecular formula is C10H19NO. The zero-order valence-electron chi connectivity index (χ0n) is 8.68. The lowest BCUT2D eigenvalue weighted by Gasteiger charge is -2.06. The van der Waals surface area contributed by atoms with Crippen molar-refractivity contribution < 1.29 is 5.11 Å². The summed E-state index contributed by atoms with van der Waals surface area (Å²) in [6.45, 7) is 9.77. The number of hydrogen-bond donors (Lipinski definition) is 1. The molecule has 0 aromatic rings. The van der Waals surface area contributed by atoms with Gasteiger partial charge in [-0.05, 0) is 20.3 Å². The second kappa shape index (κ2) is 4.96. The van der Waals surface area contributed by atoms with Crippen molar-refractivity contribution >= 4 is 5.71 Å². The molecule has 0 aromatic carbocycles. The van der Waals surface area contributed by atoms with E-state index in [-0.39, 0.29) is 5.92 Å². The van der Waals surface area contributed by atoms with E-state index in [0.29, 0.717) is 5.76 Å². The molecule has 0 rings (SSSR count).